The summed E-state index contributed by atoms with van der Waals surface area (Å²) in [5, 5.41) is 3.00. The summed E-state index contributed by atoms with van der Waals surface area (Å²) in [6, 6.07) is 0. The highest BCUT2D eigenvalue weighted by Gasteiger charge is 2.39. The van der Waals surface area contributed by atoms with E-state index in [4.69, 9.17) is 0 Å². The van der Waals surface area contributed by atoms with Gasteiger partial charge >= 0.3 is 0 Å². The lowest BCUT2D eigenvalue weighted by molar-refractivity contribution is -0.112. The first-order valence-corrected chi connectivity index (χ1v) is 4.56. The lowest BCUT2D eigenvalue weighted by Gasteiger charge is -2.46. The minimum atomic E-state index is 0.219. The molecule has 3 saturated carbocycles. The van der Waals surface area contributed by atoms with Gasteiger partial charge in [-0.2, -0.15) is 0 Å². The molecule has 0 atom stereocenters. The van der Waals surface area contributed by atoms with Crippen molar-refractivity contribution in [2.45, 2.75) is 44.1 Å². The predicted octanol–water partition coefficient (Wildman–Crippen LogP) is 1.46. The quantitative estimate of drug-likeness (QED) is 0.598. The minimum Gasteiger partial charge on any atom is -0.353 e. The second kappa shape index (κ2) is 2.50. The van der Waals surface area contributed by atoms with Crippen molar-refractivity contribution in [2.24, 2.45) is 5.92 Å². The largest absolute Gasteiger partial charge is 0.353 e. The zero-order valence-electron chi connectivity index (χ0n) is 6.81. The second-order valence-corrected chi connectivity index (χ2v) is 4.02. The first-order valence-electron chi connectivity index (χ1n) is 4.56. The summed E-state index contributed by atoms with van der Waals surface area (Å²) in [4.78, 5) is 10.3. The summed E-state index contributed by atoms with van der Waals surface area (Å²) in [5.74, 6) is 0.977. The highest BCUT2D eigenvalue weighted by Crippen LogP contribution is 2.43. The number of carbonyl (C=O) groups is 1. The van der Waals surface area contributed by atoms with Gasteiger partial charge in [-0.3, -0.25) is 4.79 Å². The predicted molar refractivity (Wildman–Crippen MR) is 43.1 cm³/mol. The van der Waals surface area contributed by atoms with Crippen molar-refractivity contribution in [2.75, 3.05) is 0 Å². The Morgan fingerprint density at radius 3 is 2.18 bits per heavy atom. The van der Waals surface area contributed by atoms with E-state index in [1.807, 2.05) is 0 Å². The second-order valence-electron chi connectivity index (χ2n) is 4.02. The maximum absolute atomic E-state index is 10.3. The van der Waals surface area contributed by atoms with E-state index in [0.717, 1.165) is 12.3 Å². The Labute approximate surface area is 67.4 Å². The maximum atomic E-state index is 10.3. The van der Waals surface area contributed by atoms with Crippen molar-refractivity contribution in [3.63, 3.8) is 0 Å². The fourth-order valence-corrected chi connectivity index (χ4v) is 2.59. The van der Waals surface area contributed by atoms with Crippen LogP contribution in [0, 0.1) is 5.92 Å². The molecule has 2 bridgehead atoms. The van der Waals surface area contributed by atoms with Gasteiger partial charge in [0.05, 0.1) is 0 Å². The Bertz CT molecular complexity index is 145. The zero-order chi connectivity index (χ0) is 7.73. The molecule has 3 aliphatic rings. The van der Waals surface area contributed by atoms with Crippen molar-refractivity contribution >= 4 is 6.41 Å². The van der Waals surface area contributed by atoms with Gasteiger partial charge in [-0.05, 0) is 44.4 Å². The van der Waals surface area contributed by atoms with E-state index in [1.54, 1.807) is 0 Å². The molecule has 0 heterocycles. The van der Waals surface area contributed by atoms with Crippen molar-refractivity contribution in [3.05, 3.63) is 0 Å². The van der Waals surface area contributed by atoms with Gasteiger partial charge in [-0.15, -0.1) is 0 Å². The van der Waals surface area contributed by atoms with Crippen molar-refractivity contribution in [1.29, 1.82) is 0 Å². The van der Waals surface area contributed by atoms with Gasteiger partial charge in [0.25, 0.3) is 0 Å². The van der Waals surface area contributed by atoms with E-state index in [1.165, 1.54) is 38.5 Å². The van der Waals surface area contributed by atoms with Gasteiger partial charge in [0, 0.05) is 5.54 Å². The SMILES string of the molecule is O=CNC12CCC(CC1)CC2. The molecule has 0 aliphatic heterocycles. The lowest BCUT2D eigenvalue weighted by atomic mass is 9.66. The third kappa shape index (κ3) is 1.15. The molecule has 62 valence electrons. The number of hydrogen-bond donors (Lipinski definition) is 1. The molecule has 0 spiro atoms. The Hall–Kier alpha value is -0.530. The molecule has 0 unspecified atom stereocenters. The van der Waals surface area contributed by atoms with E-state index in [-0.39, 0.29) is 5.54 Å². The summed E-state index contributed by atoms with van der Waals surface area (Å²) in [6.45, 7) is 0. The molecule has 0 radical (unpaired) electrons. The van der Waals surface area contributed by atoms with E-state index in [9.17, 15) is 4.79 Å². The molecule has 0 aromatic heterocycles. The fraction of sp³-hybridized carbons (Fsp3) is 0.889. The van der Waals surface area contributed by atoms with Gasteiger partial charge < -0.3 is 5.32 Å². The fourth-order valence-electron chi connectivity index (χ4n) is 2.59. The Kier molecular flexibility index (Phi) is 1.63. The molecular formula is C9H15NO. The van der Waals surface area contributed by atoms with Gasteiger partial charge in [0.2, 0.25) is 6.41 Å². The molecule has 2 nitrogen and oxygen atoms in total. The monoisotopic (exact) mass is 153 g/mol. The average molecular weight is 153 g/mol. The Balaban J connectivity index is 2.05. The molecule has 0 aromatic rings. The van der Waals surface area contributed by atoms with Gasteiger partial charge in [-0.1, -0.05) is 0 Å². The van der Waals surface area contributed by atoms with Crippen molar-refractivity contribution < 1.29 is 4.79 Å². The van der Waals surface area contributed by atoms with E-state index in [2.05, 4.69) is 5.32 Å². The molecule has 2 heteroatoms. The average Bonchev–Trinajstić information content (AvgIpc) is 2.07. The molecule has 1 N–H and O–H groups in total. The summed E-state index contributed by atoms with van der Waals surface area (Å²) in [7, 11) is 0. The molecule has 1 amide bonds. The van der Waals surface area contributed by atoms with Crippen molar-refractivity contribution in [3.8, 4) is 0 Å². The first-order chi connectivity index (χ1) is 5.35. The maximum Gasteiger partial charge on any atom is 0.207 e. The van der Waals surface area contributed by atoms with Crippen LogP contribution in [0.25, 0.3) is 0 Å². The minimum absolute atomic E-state index is 0.219. The van der Waals surface area contributed by atoms with Crippen LogP contribution >= 0.6 is 0 Å². The highest BCUT2D eigenvalue weighted by atomic mass is 16.1. The lowest BCUT2D eigenvalue weighted by Crippen LogP contribution is -2.50. The normalized spacial score (nSPS) is 42.0. The van der Waals surface area contributed by atoms with Crippen LogP contribution in [0.2, 0.25) is 0 Å². The van der Waals surface area contributed by atoms with E-state index >= 15 is 0 Å². The molecule has 3 rings (SSSR count). The van der Waals surface area contributed by atoms with E-state index < -0.39 is 0 Å². The van der Waals surface area contributed by atoms with Crippen LogP contribution in [0.1, 0.15) is 38.5 Å². The third-order valence-corrected chi connectivity index (χ3v) is 3.46. The van der Waals surface area contributed by atoms with Crippen LogP contribution in [-0.2, 0) is 4.79 Å². The van der Waals surface area contributed by atoms with Crippen LogP contribution in [0.5, 0.6) is 0 Å². The highest BCUT2D eigenvalue weighted by molar-refractivity contribution is 5.48. The van der Waals surface area contributed by atoms with Crippen LogP contribution in [0.4, 0.5) is 0 Å². The molecule has 0 aromatic carbocycles. The zero-order valence-corrected chi connectivity index (χ0v) is 6.81. The number of rotatable bonds is 2. The summed E-state index contributed by atoms with van der Waals surface area (Å²) < 4.78 is 0. The molecular weight excluding hydrogens is 138 g/mol. The molecule has 3 fully saturated rings. The van der Waals surface area contributed by atoms with Gasteiger partial charge in [0.15, 0.2) is 0 Å². The topological polar surface area (TPSA) is 29.1 Å². The van der Waals surface area contributed by atoms with Crippen LogP contribution < -0.4 is 5.32 Å². The molecule has 3 aliphatic carbocycles. The van der Waals surface area contributed by atoms with Gasteiger partial charge in [0.1, 0.15) is 0 Å². The number of amides is 1. The standard InChI is InChI=1S/C9H15NO/c11-7-10-9-4-1-8(2-5-9)3-6-9/h7-8H,1-6H2,(H,10,11). The number of carbonyl (C=O) groups excluding carboxylic acids is 1. The van der Waals surface area contributed by atoms with Crippen LogP contribution in [-0.4, -0.2) is 11.9 Å². The van der Waals surface area contributed by atoms with E-state index in [0.29, 0.717) is 0 Å². The summed E-state index contributed by atoms with van der Waals surface area (Å²) >= 11 is 0. The smallest absolute Gasteiger partial charge is 0.207 e. The number of hydrogen-bond acceptors (Lipinski definition) is 1. The number of fused-ring (bicyclic) bond motifs is 3. The van der Waals surface area contributed by atoms with Crippen LogP contribution in [0.3, 0.4) is 0 Å². The molecule has 11 heavy (non-hydrogen) atoms. The van der Waals surface area contributed by atoms with Gasteiger partial charge in [-0.25, -0.2) is 0 Å². The van der Waals surface area contributed by atoms with Crippen LogP contribution in [0.15, 0.2) is 0 Å². The first kappa shape index (κ1) is 7.14. The summed E-state index contributed by atoms with van der Waals surface area (Å²) in [5.41, 5.74) is 0.219. The summed E-state index contributed by atoms with van der Waals surface area (Å²) in [6.07, 6.45) is 8.54. The third-order valence-electron chi connectivity index (χ3n) is 3.46. The molecule has 0 saturated heterocycles. The Morgan fingerprint density at radius 1 is 1.18 bits per heavy atom. The van der Waals surface area contributed by atoms with Crippen molar-refractivity contribution in [1.82, 2.24) is 5.32 Å². The Morgan fingerprint density at radius 2 is 1.73 bits per heavy atom. The number of nitrogens with one attached hydrogen (secondary N) is 1.